The van der Waals surface area contributed by atoms with Gasteiger partial charge in [0.15, 0.2) is 5.76 Å². The predicted molar refractivity (Wildman–Crippen MR) is 98.5 cm³/mol. The Balaban J connectivity index is 1.96. The molecule has 0 bridgehead atoms. The molecule has 8 nitrogen and oxygen atoms in total. The zero-order valence-electron chi connectivity index (χ0n) is 15.2. The SMILES string of the molecule is CCOc1ccc(OCC)c(NS(=O)(=O)c2cc(-c3ccno3)oc2C)c1. The van der Waals surface area contributed by atoms with E-state index >= 15 is 0 Å². The second kappa shape index (κ2) is 7.75. The number of aryl methyl sites for hydroxylation is 1. The molecule has 0 aliphatic carbocycles. The molecule has 2 heterocycles. The third-order valence-electron chi connectivity index (χ3n) is 3.65. The molecule has 27 heavy (non-hydrogen) atoms. The van der Waals surface area contributed by atoms with E-state index < -0.39 is 10.0 Å². The maximum absolute atomic E-state index is 12.9. The molecule has 3 rings (SSSR count). The van der Waals surface area contributed by atoms with Crippen LogP contribution in [0.2, 0.25) is 0 Å². The van der Waals surface area contributed by atoms with Crippen LogP contribution in [0.5, 0.6) is 11.5 Å². The number of nitrogens with one attached hydrogen (secondary N) is 1. The molecule has 2 aromatic heterocycles. The Morgan fingerprint density at radius 2 is 1.85 bits per heavy atom. The highest BCUT2D eigenvalue weighted by Gasteiger charge is 2.24. The van der Waals surface area contributed by atoms with Crippen molar-refractivity contribution in [2.24, 2.45) is 0 Å². The zero-order chi connectivity index (χ0) is 19.4. The van der Waals surface area contributed by atoms with Crippen LogP contribution < -0.4 is 14.2 Å². The van der Waals surface area contributed by atoms with Crippen LogP contribution in [-0.4, -0.2) is 26.8 Å². The third-order valence-corrected chi connectivity index (χ3v) is 5.12. The average molecular weight is 392 g/mol. The van der Waals surface area contributed by atoms with Crippen molar-refractivity contribution in [1.82, 2.24) is 5.16 Å². The third kappa shape index (κ3) is 4.08. The molecule has 3 aromatic rings. The van der Waals surface area contributed by atoms with Gasteiger partial charge in [-0.15, -0.1) is 0 Å². The monoisotopic (exact) mass is 392 g/mol. The molecule has 1 aromatic carbocycles. The van der Waals surface area contributed by atoms with Gasteiger partial charge in [0.2, 0.25) is 5.76 Å². The Labute approximate surface area is 157 Å². The van der Waals surface area contributed by atoms with Gasteiger partial charge in [-0.1, -0.05) is 5.16 Å². The first-order valence-corrected chi connectivity index (χ1v) is 9.87. The standard InChI is InChI=1S/C18H20N2O6S/c1-4-23-13-6-7-15(24-5-2)14(10-13)20-27(21,22)18-11-17(25-12(18)3)16-8-9-19-26-16/h6-11,20H,4-5H2,1-3H3. The second-order valence-corrected chi connectivity index (χ2v) is 7.19. The summed E-state index contributed by atoms with van der Waals surface area (Å²) in [6.07, 6.45) is 1.45. The molecule has 0 aliphatic rings. The number of aromatic nitrogens is 1. The minimum absolute atomic E-state index is 0.00170. The predicted octanol–water partition coefficient (Wildman–Crippen LogP) is 3.84. The molecule has 0 fully saturated rings. The van der Waals surface area contributed by atoms with Gasteiger partial charge in [0.25, 0.3) is 10.0 Å². The van der Waals surface area contributed by atoms with Crippen LogP contribution in [-0.2, 0) is 10.0 Å². The van der Waals surface area contributed by atoms with Crippen LogP contribution in [0, 0.1) is 6.92 Å². The highest BCUT2D eigenvalue weighted by Crippen LogP contribution is 2.33. The van der Waals surface area contributed by atoms with Gasteiger partial charge in [-0.3, -0.25) is 4.72 Å². The summed E-state index contributed by atoms with van der Waals surface area (Å²) in [6.45, 7) is 6.08. The van der Waals surface area contributed by atoms with Crippen LogP contribution in [0.15, 0.2) is 50.4 Å². The molecular formula is C18H20N2O6S. The number of rotatable bonds is 8. The summed E-state index contributed by atoms with van der Waals surface area (Å²) < 4.78 is 49.9. The normalized spacial score (nSPS) is 11.4. The lowest BCUT2D eigenvalue weighted by Gasteiger charge is -2.14. The number of hydrogen-bond acceptors (Lipinski definition) is 7. The minimum atomic E-state index is -3.93. The second-order valence-electron chi connectivity index (χ2n) is 5.54. The van der Waals surface area contributed by atoms with Gasteiger partial charge in [0, 0.05) is 18.2 Å². The number of anilines is 1. The van der Waals surface area contributed by atoms with E-state index in [1.807, 2.05) is 13.8 Å². The zero-order valence-corrected chi connectivity index (χ0v) is 16.0. The van der Waals surface area contributed by atoms with Gasteiger partial charge in [-0.05, 0) is 32.9 Å². The fraction of sp³-hybridized carbons (Fsp3) is 0.278. The van der Waals surface area contributed by atoms with Gasteiger partial charge in [0.05, 0.1) is 25.1 Å². The summed E-state index contributed by atoms with van der Waals surface area (Å²) in [5.74, 6) is 1.78. The maximum atomic E-state index is 12.9. The van der Waals surface area contributed by atoms with Gasteiger partial charge >= 0.3 is 0 Å². The van der Waals surface area contributed by atoms with E-state index in [0.717, 1.165) is 0 Å². The van der Waals surface area contributed by atoms with Crippen LogP contribution in [0.4, 0.5) is 5.69 Å². The molecule has 144 valence electrons. The highest BCUT2D eigenvalue weighted by atomic mass is 32.2. The quantitative estimate of drug-likeness (QED) is 0.621. The molecular weight excluding hydrogens is 372 g/mol. The van der Waals surface area contributed by atoms with E-state index in [1.165, 1.54) is 12.3 Å². The molecule has 0 saturated carbocycles. The lowest BCUT2D eigenvalue weighted by atomic mass is 10.3. The van der Waals surface area contributed by atoms with Crippen molar-refractivity contribution >= 4 is 15.7 Å². The number of nitrogens with zero attached hydrogens (tertiary/aromatic N) is 1. The fourth-order valence-corrected chi connectivity index (χ4v) is 3.76. The van der Waals surface area contributed by atoms with Crippen molar-refractivity contribution in [3.63, 3.8) is 0 Å². The lowest BCUT2D eigenvalue weighted by molar-refractivity contribution is 0.332. The lowest BCUT2D eigenvalue weighted by Crippen LogP contribution is -2.14. The van der Waals surface area contributed by atoms with E-state index in [9.17, 15) is 8.42 Å². The van der Waals surface area contributed by atoms with Crippen molar-refractivity contribution in [1.29, 1.82) is 0 Å². The Kier molecular flexibility index (Phi) is 5.41. The molecule has 0 saturated heterocycles. The van der Waals surface area contributed by atoms with Crippen molar-refractivity contribution in [3.05, 3.63) is 42.3 Å². The first-order valence-electron chi connectivity index (χ1n) is 8.38. The Hall–Kier alpha value is -2.94. The molecule has 0 spiro atoms. The van der Waals surface area contributed by atoms with Crippen LogP contribution in [0.3, 0.4) is 0 Å². The summed E-state index contributed by atoms with van der Waals surface area (Å²) in [6, 6.07) is 7.94. The molecule has 0 aliphatic heterocycles. The van der Waals surface area contributed by atoms with Crippen LogP contribution in [0.1, 0.15) is 19.6 Å². The van der Waals surface area contributed by atoms with Crippen molar-refractivity contribution < 1.29 is 26.8 Å². The Bertz CT molecular complexity index is 1010. The summed E-state index contributed by atoms with van der Waals surface area (Å²) in [5.41, 5.74) is 0.282. The van der Waals surface area contributed by atoms with Crippen molar-refractivity contribution in [2.45, 2.75) is 25.7 Å². The van der Waals surface area contributed by atoms with E-state index in [-0.39, 0.29) is 22.1 Å². The van der Waals surface area contributed by atoms with E-state index in [1.54, 1.807) is 31.2 Å². The van der Waals surface area contributed by atoms with Crippen LogP contribution >= 0.6 is 0 Å². The minimum Gasteiger partial charge on any atom is -0.494 e. The van der Waals surface area contributed by atoms with Gasteiger partial charge < -0.3 is 18.4 Å². The maximum Gasteiger partial charge on any atom is 0.265 e. The molecule has 0 amide bonds. The number of sulfonamides is 1. The molecule has 0 unspecified atom stereocenters. The fourth-order valence-electron chi connectivity index (χ4n) is 2.52. The van der Waals surface area contributed by atoms with Gasteiger partial charge in [-0.2, -0.15) is 0 Å². The number of benzene rings is 1. The largest absolute Gasteiger partial charge is 0.494 e. The topological polar surface area (TPSA) is 104 Å². The first-order chi connectivity index (χ1) is 12.9. The molecule has 0 radical (unpaired) electrons. The number of hydrogen-bond donors (Lipinski definition) is 1. The van der Waals surface area contributed by atoms with E-state index in [0.29, 0.717) is 30.5 Å². The summed E-state index contributed by atoms with van der Waals surface area (Å²) in [4.78, 5) is -0.00170. The molecule has 1 N–H and O–H groups in total. The smallest absolute Gasteiger partial charge is 0.265 e. The summed E-state index contributed by atoms with van der Waals surface area (Å²) >= 11 is 0. The van der Waals surface area contributed by atoms with Gasteiger partial charge in [-0.25, -0.2) is 8.42 Å². The van der Waals surface area contributed by atoms with Crippen molar-refractivity contribution in [2.75, 3.05) is 17.9 Å². The van der Waals surface area contributed by atoms with E-state index in [4.69, 9.17) is 18.4 Å². The summed E-state index contributed by atoms with van der Waals surface area (Å²) in [5, 5.41) is 3.60. The Morgan fingerprint density at radius 3 is 2.52 bits per heavy atom. The van der Waals surface area contributed by atoms with E-state index in [2.05, 4.69) is 9.88 Å². The molecule has 0 atom stereocenters. The number of furan rings is 1. The van der Waals surface area contributed by atoms with Crippen LogP contribution in [0.25, 0.3) is 11.5 Å². The number of ether oxygens (including phenoxy) is 2. The highest BCUT2D eigenvalue weighted by molar-refractivity contribution is 7.92. The average Bonchev–Trinajstić information content (AvgIpc) is 3.27. The van der Waals surface area contributed by atoms with Crippen molar-refractivity contribution in [3.8, 4) is 23.0 Å². The summed E-state index contributed by atoms with van der Waals surface area (Å²) in [7, 11) is -3.93. The Morgan fingerprint density at radius 1 is 1.07 bits per heavy atom. The van der Waals surface area contributed by atoms with Gasteiger partial charge in [0.1, 0.15) is 22.2 Å². The molecule has 9 heteroatoms. The first kappa shape index (κ1) is 18.8.